The van der Waals surface area contributed by atoms with Gasteiger partial charge >= 0.3 is 5.63 Å². The van der Waals surface area contributed by atoms with Gasteiger partial charge in [0.2, 0.25) is 5.82 Å². The van der Waals surface area contributed by atoms with E-state index in [1.165, 1.54) is 0 Å². The maximum Gasteiger partial charge on any atom is 0.349 e. The van der Waals surface area contributed by atoms with Crippen molar-refractivity contribution in [3.8, 4) is 22.8 Å². The molecule has 2 aromatic carbocycles. The maximum absolute atomic E-state index is 12.3. The van der Waals surface area contributed by atoms with Crippen LogP contribution in [-0.2, 0) is 4.74 Å². The normalized spacial score (nSPS) is 14.5. The lowest BCUT2D eigenvalue weighted by molar-refractivity contribution is 0.122. The summed E-state index contributed by atoms with van der Waals surface area (Å²) in [6, 6.07) is 17.0. The molecule has 5 rings (SSSR count). The largest absolute Gasteiger partial charge is 0.422 e. The van der Waals surface area contributed by atoms with E-state index in [0.29, 0.717) is 11.4 Å². The Hall–Kier alpha value is -3.45. The first-order valence-electron chi connectivity index (χ1n) is 9.08. The van der Waals surface area contributed by atoms with Gasteiger partial charge in [-0.25, -0.2) is 4.79 Å². The van der Waals surface area contributed by atoms with E-state index in [1.54, 1.807) is 12.1 Å². The van der Waals surface area contributed by atoms with E-state index in [0.717, 1.165) is 42.9 Å². The molecule has 1 aliphatic rings. The fourth-order valence-corrected chi connectivity index (χ4v) is 3.30. The molecular weight excluding hydrogens is 358 g/mol. The van der Waals surface area contributed by atoms with Gasteiger partial charge in [-0.3, -0.25) is 0 Å². The Morgan fingerprint density at radius 2 is 1.75 bits per heavy atom. The third-order valence-electron chi connectivity index (χ3n) is 4.80. The third-order valence-corrected chi connectivity index (χ3v) is 4.80. The van der Waals surface area contributed by atoms with Crippen molar-refractivity contribution in [1.82, 2.24) is 10.1 Å². The van der Waals surface area contributed by atoms with Gasteiger partial charge in [-0.15, -0.1) is 0 Å². The Bertz CT molecular complexity index is 1170. The molecule has 1 fully saturated rings. The predicted octanol–water partition coefficient (Wildman–Crippen LogP) is 3.35. The highest BCUT2D eigenvalue weighted by molar-refractivity contribution is 5.80. The van der Waals surface area contributed by atoms with E-state index in [9.17, 15) is 4.79 Å². The van der Waals surface area contributed by atoms with Crippen LogP contribution in [0.25, 0.3) is 33.8 Å². The molecule has 0 amide bonds. The Labute approximate surface area is 160 Å². The van der Waals surface area contributed by atoms with Crippen LogP contribution in [0.3, 0.4) is 0 Å². The molecule has 4 aromatic rings. The minimum atomic E-state index is -0.503. The molecule has 0 unspecified atom stereocenters. The van der Waals surface area contributed by atoms with Crippen molar-refractivity contribution in [2.45, 2.75) is 0 Å². The molecule has 2 aromatic heterocycles. The molecule has 0 spiro atoms. The van der Waals surface area contributed by atoms with Crippen LogP contribution in [0, 0.1) is 0 Å². The van der Waals surface area contributed by atoms with E-state index in [-0.39, 0.29) is 11.5 Å². The summed E-state index contributed by atoms with van der Waals surface area (Å²) in [6.45, 7) is 3.24. The Morgan fingerprint density at radius 1 is 0.964 bits per heavy atom. The van der Waals surface area contributed by atoms with Crippen molar-refractivity contribution < 1.29 is 13.7 Å². The monoisotopic (exact) mass is 375 g/mol. The number of benzene rings is 2. The van der Waals surface area contributed by atoms with Crippen molar-refractivity contribution in [1.29, 1.82) is 0 Å². The van der Waals surface area contributed by atoms with Crippen molar-refractivity contribution in [2.75, 3.05) is 31.2 Å². The first kappa shape index (κ1) is 16.7. The van der Waals surface area contributed by atoms with Crippen molar-refractivity contribution in [3.05, 3.63) is 65.0 Å². The van der Waals surface area contributed by atoms with Gasteiger partial charge in [0, 0.05) is 29.7 Å². The SMILES string of the molecule is O=c1oc2ccccc2cc1-c1nc(-c2ccc(N3CCOCC3)cc2)no1. The van der Waals surface area contributed by atoms with Gasteiger partial charge in [0.05, 0.1) is 13.2 Å². The quantitative estimate of drug-likeness (QED) is 0.508. The number of para-hydroxylation sites is 1. The average Bonchev–Trinajstić information content (AvgIpc) is 3.24. The van der Waals surface area contributed by atoms with Gasteiger partial charge in [0.25, 0.3) is 5.89 Å². The number of hydrogen-bond acceptors (Lipinski definition) is 7. The zero-order valence-corrected chi connectivity index (χ0v) is 15.0. The van der Waals surface area contributed by atoms with E-state index in [4.69, 9.17) is 13.7 Å². The van der Waals surface area contributed by atoms with Gasteiger partial charge in [0.1, 0.15) is 11.1 Å². The topological polar surface area (TPSA) is 81.6 Å². The van der Waals surface area contributed by atoms with Crippen molar-refractivity contribution in [2.24, 2.45) is 0 Å². The molecule has 0 N–H and O–H groups in total. The number of anilines is 1. The van der Waals surface area contributed by atoms with E-state index in [2.05, 4.69) is 15.0 Å². The van der Waals surface area contributed by atoms with E-state index in [1.807, 2.05) is 42.5 Å². The van der Waals surface area contributed by atoms with Crippen LogP contribution in [0.1, 0.15) is 0 Å². The summed E-state index contributed by atoms with van der Waals surface area (Å²) in [5.74, 6) is 0.572. The van der Waals surface area contributed by atoms with Crippen LogP contribution in [0.4, 0.5) is 5.69 Å². The van der Waals surface area contributed by atoms with Crippen molar-refractivity contribution in [3.63, 3.8) is 0 Å². The Balaban J connectivity index is 1.45. The summed E-state index contributed by atoms with van der Waals surface area (Å²) >= 11 is 0. The number of hydrogen-bond donors (Lipinski definition) is 0. The highest BCUT2D eigenvalue weighted by atomic mass is 16.5. The first-order chi connectivity index (χ1) is 13.8. The highest BCUT2D eigenvalue weighted by Crippen LogP contribution is 2.25. The van der Waals surface area contributed by atoms with Crippen LogP contribution in [0.5, 0.6) is 0 Å². The molecule has 7 heteroatoms. The number of morpholine rings is 1. The number of fused-ring (bicyclic) bond motifs is 1. The molecule has 7 nitrogen and oxygen atoms in total. The third kappa shape index (κ3) is 3.05. The number of rotatable bonds is 3. The van der Waals surface area contributed by atoms with Crippen LogP contribution >= 0.6 is 0 Å². The summed E-state index contributed by atoms with van der Waals surface area (Å²) < 4.78 is 16.1. The fraction of sp³-hybridized carbons (Fsp3) is 0.190. The molecule has 1 saturated heterocycles. The summed E-state index contributed by atoms with van der Waals surface area (Å²) in [6.07, 6.45) is 0. The zero-order valence-electron chi connectivity index (χ0n) is 15.0. The Kier molecular flexibility index (Phi) is 4.14. The van der Waals surface area contributed by atoms with Crippen LogP contribution in [0.2, 0.25) is 0 Å². The lowest BCUT2D eigenvalue weighted by Crippen LogP contribution is -2.36. The molecule has 0 bridgehead atoms. The van der Waals surface area contributed by atoms with Crippen LogP contribution in [0.15, 0.2) is 68.3 Å². The van der Waals surface area contributed by atoms with Crippen LogP contribution in [-0.4, -0.2) is 36.4 Å². The standard InChI is InChI=1S/C21H17N3O4/c25-21-17(13-15-3-1-2-4-18(15)27-21)20-22-19(23-28-20)14-5-7-16(8-6-14)24-9-11-26-12-10-24/h1-8,13H,9-12H2. The molecule has 140 valence electrons. The van der Waals surface area contributed by atoms with Crippen LogP contribution < -0.4 is 10.5 Å². The zero-order chi connectivity index (χ0) is 18.9. The molecule has 1 aliphatic heterocycles. The summed E-state index contributed by atoms with van der Waals surface area (Å²) in [4.78, 5) is 19.0. The molecule has 0 radical (unpaired) electrons. The summed E-state index contributed by atoms with van der Waals surface area (Å²) in [5.41, 5.74) is 2.22. The smallest absolute Gasteiger partial charge is 0.349 e. The minimum Gasteiger partial charge on any atom is -0.422 e. The molecule has 28 heavy (non-hydrogen) atoms. The first-order valence-corrected chi connectivity index (χ1v) is 9.08. The summed E-state index contributed by atoms with van der Waals surface area (Å²) in [7, 11) is 0. The second-order valence-electron chi connectivity index (χ2n) is 6.55. The second kappa shape index (κ2) is 6.94. The lowest BCUT2D eigenvalue weighted by Gasteiger charge is -2.28. The number of ether oxygens (including phenoxy) is 1. The molecule has 0 atom stereocenters. The van der Waals surface area contributed by atoms with Gasteiger partial charge in [0.15, 0.2) is 0 Å². The highest BCUT2D eigenvalue weighted by Gasteiger charge is 2.17. The van der Waals surface area contributed by atoms with Gasteiger partial charge in [-0.2, -0.15) is 4.98 Å². The fourth-order valence-electron chi connectivity index (χ4n) is 3.30. The van der Waals surface area contributed by atoms with Crippen molar-refractivity contribution >= 4 is 16.7 Å². The minimum absolute atomic E-state index is 0.145. The van der Waals surface area contributed by atoms with Gasteiger partial charge < -0.3 is 18.6 Å². The predicted molar refractivity (Wildman–Crippen MR) is 104 cm³/mol. The van der Waals surface area contributed by atoms with E-state index >= 15 is 0 Å². The number of aromatic nitrogens is 2. The second-order valence-corrected chi connectivity index (χ2v) is 6.55. The molecule has 3 heterocycles. The summed E-state index contributed by atoms with van der Waals surface area (Å²) in [5, 5.41) is 4.82. The Morgan fingerprint density at radius 3 is 2.57 bits per heavy atom. The lowest BCUT2D eigenvalue weighted by atomic mass is 10.1. The molecule has 0 aliphatic carbocycles. The number of nitrogens with zero attached hydrogens (tertiary/aromatic N) is 3. The van der Waals surface area contributed by atoms with E-state index < -0.39 is 5.63 Å². The van der Waals surface area contributed by atoms with Gasteiger partial charge in [-0.1, -0.05) is 23.4 Å². The maximum atomic E-state index is 12.3. The van der Waals surface area contributed by atoms with Gasteiger partial charge in [-0.05, 0) is 36.4 Å². The average molecular weight is 375 g/mol. The molecular formula is C21H17N3O4. The molecule has 0 saturated carbocycles.